The van der Waals surface area contributed by atoms with Crippen LogP contribution in [0.5, 0.6) is 5.75 Å². The van der Waals surface area contributed by atoms with Gasteiger partial charge in [0.1, 0.15) is 5.75 Å². The van der Waals surface area contributed by atoms with Gasteiger partial charge in [0.05, 0.1) is 0 Å². The van der Waals surface area contributed by atoms with E-state index in [-0.39, 0.29) is 13.2 Å². The van der Waals surface area contributed by atoms with Crippen LogP contribution in [0.15, 0.2) is 28.7 Å². The van der Waals surface area contributed by atoms with Crippen molar-refractivity contribution in [3.63, 3.8) is 0 Å². The van der Waals surface area contributed by atoms with Crippen molar-refractivity contribution in [3.8, 4) is 5.75 Å². The quantitative estimate of drug-likeness (QED) is 0.848. The maximum absolute atomic E-state index is 8.78. The molecule has 90 valence electrons. The van der Waals surface area contributed by atoms with E-state index >= 15 is 0 Å². The predicted octanol–water partition coefficient (Wildman–Crippen LogP) is 1.49. The predicted molar refractivity (Wildman–Crippen MR) is 60.6 cm³/mol. The molecule has 5 heteroatoms. The first-order valence-electron chi connectivity index (χ1n) is 5.39. The largest absolute Gasteiger partial charge is 0.484 e. The number of hydrogen-bond donors (Lipinski definition) is 1. The molecule has 5 nitrogen and oxygen atoms in total. The van der Waals surface area contributed by atoms with Crippen LogP contribution in [0, 0.1) is 6.92 Å². The normalized spacial score (nSPS) is 10.5. The standard InChI is InChI=1S/C12H14N2O3/c1-9-13-14-12(17-9)8-16-11-4-2-10(3-5-11)6-7-15/h2-5,15H,6-8H2,1H3. The lowest BCUT2D eigenvalue weighted by atomic mass is 10.1. The molecular weight excluding hydrogens is 220 g/mol. The van der Waals surface area contributed by atoms with E-state index in [2.05, 4.69) is 10.2 Å². The summed E-state index contributed by atoms with van der Waals surface area (Å²) < 4.78 is 10.7. The van der Waals surface area contributed by atoms with Gasteiger partial charge in [0.15, 0.2) is 6.61 Å². The van der Waals surface area contributed by atoms with Crippen molar-refractivity contribution in [3.05, 3.63) is 41.6 Å². The van der Waals surface area contributed by atoms with Crippen LogP contribution in [0.25, 0.3) is 0 Å². The molecule has 0 aliphatic carbocycles. The van der Waals surface area contributed by atoms with E-state index in [0.29, 0.717) is 18.2 Å². The Kier molecular flexibility index (Phi) is 3.72. The van der Waals surface area contributed by atoms with E-state index in [4.69, 9.17) is 14.3 Å². The number of aromatic nitrogens is 2. The van der Waals surface area contributed by atoms with Crippen LogP contribution >= 0.6 is 0 Å². The summed E-state index contributed by atoms with van der Waals surface area (Å²) in [6.07, 6.45) is 0.656. The van der Waals surface area contributed by atoms with Gasteiger partial charge in [0, 0.05) is 13.5 Å². The molecule has 1 aromatic heterocycles. The van der Waals surface area contributed by atoms with Crippen LogP contribution in [0.3, 0.4) is 0 Å². The van der Waals surface area contributed by atoms with Crippen LogP contribution in [0.4, 0.5) is 0 Å². The third kappa shape index (κ3) is 3.29. The molecule has 0 radical (unpaired) electrons. The number of hydrogen-bond acceptors (Lipinski definition) is 5. The van der Waals surface area contributed by atoms with Crippen LogP contribution in [0.1, 0.15) is 17.3 Å². The van der Waals surface area contributed by atoms with Gasteiger partial charge >= 0.3 is 0 Å². The van der Waals surface area contributed by atoms with Crippen LogP contribution in [-0.2, 0) is 13.0 Å². The Morgan fingerprint density at radius 1 is 1.24 bits per heavy atom. The van der Waals surface area contributed by atoms with Crippen LogP contribution in [0.2, 0.25) is 0 Å². The summed E-state index contributed by atoms with van der Waals surface area (Å²) in [5.74, 6) is 1.73. The van der Waals surface area contributed by atoms with Gasteiger partial charge in [-0.25, -0.2) is 0 Å². The van der Waals surface area contributed by atoms with Crippen LogP contribution < -0.4 is 4.74 Å². The van der Waals surface area contributed by atoms with Crippen molar-refractivity contribution in [2.45, 2.75) is 20.0 Å². The lowest BCUT2D eigenvalue weighted by Gasteiger charge is -2.04. The van der Waals surface area contributed by atoms with E-state index in [9.17, 15) is 0 Å². The maximum Gasteiger partial charge on any atom is 0.253 e. The van der Waals surface area contributed by atoms with Crippen LogP contribution in [-0.4, -0.2) is 21.9 Å². The Hall–Kier alpha value is -1.88. The first kappa shape index (κ1) is 11.6. The molecule has 1 heterocycles. The molecule has 0 aliphatic rings. The Morgan fingerprint density at radius 2 is 2.00 bits per heavy atom. The Bertz CT molecular complexity index is 465. The zero-order valence-corrected chi connectivity index (χ0v) is 9.59. The van der Waals surface area contributed by atoms with Crippen molar-refractivity contribution >= 4 is 0 Å². The Labute approximate surface area is 99.1 Å². The summed E-state index contributed by atoms with van der Waals surface area (Å²) in [5.41, 5.74) is 1.08. The van der Waals surface area contributed by atoms with Gasteiger partial charge in [-0.1, -0.05) is 12.1 Å². The highest BCUT2D eigenvalue weighted by atomic mass is 16.5. The molecule has 1 N–H and O–H groups in total. The number of ether oxygens (including phenoxy) is 1. The highest BCUT2D eigenvalue weighted by Gasteiger charge is 2.03. The molecule has 0 unspecified atom stereocenters. The number of benzene rings is 1. The van der Waals surface area contributed by atoms with Crippen molar-refractivity contribution < 1.29 is 14.3 Å². The summed E-state index contributed by atoms with van der Waals surface area (Å²) in [4.78, 5) is 0. The summed E-state index contributed by atoms with van der Waals surface area (Å²) >= 11 is 0. The molecule has 0 bridgehead atoms. The van der Waals surface area contributed by atoms with Crippen molar-refractivity contribution in [2.24, 2.45) is 0 Å². The summed E-state index contributed by atoms with van der Waals surface area (Å²) in [7, 11) is 0. The minimum absolute atomic E-state index is 0.154. The number of aryl methyl sites for hydroxylation is 1. The zero-order chi connectivity index (χ0) is 12.1. The topological polar surface area (TPSA) is 68.4 Å². The highest BCUT2D eigenvalue weighted by molar-refractivity contribution is 5.27. The molecule has 2 aromatic rings. The third-order valence-corrected chi connectivity index (χ3v) is 2.25. The van der Waals surface area contributed by atoms with Gasteiger partial charge in [-0.05, 0) is 24.1 Å². The minimum Gasteiger partial charge on any atom is -0.484 e. The van der Waals surface area contributed by atoms with Gasteiger partial charge in [0.25, 0.3) is 5.89 Å². The second-order valence-corrected chi connectivity index (χ2v) is 3.62. The van der Waals surface area contributed by atoms with E-state index < -0.39 is 0 Å². The molecule has 0 fully saturated rings. The average Bonchev–Trinajstić information content (AvgIpc) is 2.75. The molecule has 0 spiro atoms. The van der Waals surface area contributed by atoms with Crippen molar-refractivity contribution in [1.29, 1.82) is 0 Å². The number of aliphatic hydroxyl groups is 1. The van der Waals surface area contributed by atoms with E-state index in [0.717, 1.165) is 11.3 Å². The first-order chi connectivity index (χ1) is 8.28. The number of rotatable bonds is 5. The second kappa shape index (κ2) is 5.45. The van der Waals surface area contributed by atoms with Gasteiger partial charge in [-0.15, -0.1) is 10.2 Å². The summed E-state index contributed by atoms with van der Waals surface area (Å²) in [6.45, 7) is 2.15. The molecule has 1 aromatic carbocycles. The Morgan fingerprint density at radius 3 is 2.59 bits per heavy atom. The molecule has 2 rings (SSSR count). The third-order valence-electron chi connectivity index (χ3n) is 2.25. The highest BCUT2D eigenvalue weighted by Crippen LogP contribution is 2.14. The van der Waals surface area contributed by atoms with Gasteiger partial charge < -0.3 is 14.3 Å². The fourth-order valence-electron chi connectivity index (χ4n) is 1.42. The molecule has 0 atom stereocenters. The molecule has 17 heavy (non-hydrogen) atoms. The number of nitrogens with zero attached hydrogens (tertiary/aromatic N) is 2. The van der Waals surface area contributed by atoms with Gasteiger partial charge in [-0.2, -0.15) is 0 Å². The van der Waals surface area contributed by atoms with Gasteiger partial charge in [-0.3, -0.25) is 0 Å². The maximum atomic E-state index is 8.78. The molecule has 0 saturated heterocycles. The number of aliphatic hydroxyl groups excluding tert-OH is 1. The fourth-order valence-corrected chi connectivity index (χ4v) is 1.42. The monoisotopic (exact) mass is 234 g/mol. The smallest absolute Gasteiger partial charge is 0.253 e. The fraction of sp³-hybridized carbons (Fsp3) is 0.333. The lowest BCUT2D eigenvalue weighted by Crippen LogP contribution is -1.96. The van der Waals surface area contributed by atoms with Gasteiger partial charge in [0.2, 0.25) is 5.89 Å². The summed E-state index contributed by atoms with van der Waals surface area (Å²) in [6, 6.07) is 7.55. The molecule has 0 amide bonds. The van der Waals surface area contributed by atoms with E-state index in [1.165, 1.54) is 0 Å². The second-order valence-electron chi connectivity index (χ2n) is 3.62. The van der Waals surface area contributed by atoms with E-state index in [1.807, 2.05) is 24.3 Å². The minimum atomic E-state index is 0.154. The van der Waals surface area contributed by atoms with Crippen molar-refractivity contribution in [1.82, 2.24) is 10.2 Å². The lowest BCUT2D eigenvalue weighted by molar-refractivity contribution is 0.260. The SMILES string of the molecule is Cc1nnc(COc2ccc(CCO)cc2)o1. The average molecular weight is 234 g/mol. The summed E-state index contributed by atoms with van der Waals surface area (Å²) in [5, 5.41) is 16.3. The van der Waals surface area contributed by atoms with E-state index in [1.54, 1.807) is 6.92 Å². The molecular formula is C12H14N2O3. The molecule has 0 saturated carbocycles. The zero-order valence-electron chi connectivity index (χ0n) is 9.59. The first-order valence-corrected chi connectivity index (χ1v) is 5.39. The Balaban J connectivity index is 1.90. The molecule has 0 aliphatic heterocycles. The van der Waals surface area contributed by atoms with Crippen molar-refractivity contribution in [2.75, 3.05) is 6.61 Å².